The molecule has 1 fully saturated rings. The molecule has 0 radical (unpaired) electrons. The van der Waals surface area contributed by atoms with Crippen LogP contribution in [0.3, 0.4) is 0 Å². The fourth-order valence-corrected chi connectivity index (χ4v) is 3.87. The van der Waals surface area contributed by atoms with Crippen molar-refractivity contribution in [1.29, 1.82) is 0 Å². The van der Waals surface area contributed by atoms with Crippen LogP contribution in [0.4, 0.5) is 0 Å². The fraction of sp³-hybridized carbons (Fsp3) is 0.381. The lowest BCUT2D eigenvalue weighted by Gasteiger charge is -2.33. The molecule has 8 heteroatoms. The Morgan fingerprint density at radius 2 is 1.86 bits per heavy atom. The van der Waals surface area contributed by atoms with E-state index in [0.29, 0.717) is 49.9 Å². The summed E-state index contributed by atoms with van der Waals surface area (Å²) in [4.78, 5) is 14.6. The van der Waals surface area contributed by atoms with E-state index in [2.05, 4.69) is 0 Å². The lowest BCUT2D eigenvalue weighted by atomic mass is 10.1. The van der Waals surface area contributed by atoms with Crippen molar-refractivity contribution in [3.63, 3.8) is 0 Å². The van der Waals surface area contributed by atoms with Crippen LogP contribution in [-0.4, -0.2) is 51.8 Å². The van der Waals surface area contributed by atoms with E-state index in [9.17, 15) is 13.2 Å². The molecule has 29 heavy (non-hydrogen) atoms. The van der Waals surface area contributed by atoms with E-state index in [1.165, 1.54) is 12.1 Å². The molecule has 3 rings (SSSR count). The molecule has 156 valence electrons. The molecule has 0 aromatic heterocycles. The van der Waals surface area contributed by atoms with Crippen molar-refractivity contribution in [2.24, 2.45) is 0 Å². The van der Waals surface area contributed by atoms with E-state index in [4.69, 9.17) is 21.1 Å². The third-order valence-corrected chi connectivity index (χ3v) is 6.10. The zero-order valence-electron chi connectivity index (χ0n) is 16.2. The molecule has 2 aromatic carbocycles. The lowest BCUT2D eigenvalue weighted by Crippen LogP contribution is -2.42. The van der Waals surface area contributed by atoms with Gasteiger partial charge >= 0.3 is 0 Å². The summed E-state index contributed by atoms with van der Waals surface area (Å²) in [6.07, 6.45) is 1.98. The Hall–Kier alpha value is -2.09. The topological polar surface area (TPSA) is 72.9 Å². The molecule has 1 amide bonds. The highest BCUT2D eigenvalue weighted by Crippen LogP contribution is 2.24. The number of rotatable bonds is 7. The highest BCUT2D eigenvalue weighted by molar-refractivity contribution is 7.90. The van der Waals surface area contributed by atoms with Gasteiger partial charge in [0.25, 0.3) is 0 Å². The van der Waals surface area contributed by atoms with Gasteiger partial charge in [0.2, 0.25) is 5.91 Å². The number of carbonyl (C=O) groups is 1. The second-order valence-corrected chi connectivity index (χ2v) is 9.40. The number of hydrogen-bond donors (Lipinski definition) is 0. The second kappa shape index (κ2) is 9.61. The average molecular weight is 438 g/mol. The molecule has 0 aliphatic carbocycles. The van der Waals surface area contributed by atoms with Gasteiger partial charge in [-0.05, 0) is 48.4 Å². The highest BCUT2D eigenvalue weighted by Gasteiger charge is 2.25. The number of halogens is 1. The summed E-state index contributed by atoms with van der Waals surface area (Å²) in [5, 5.41) is 0.670. The predicted molar refractivity (Wildman–Crippen MR) is 111 cm³/mol. The minimum atomic E-state index is -3.22. The van der Waals surface area contributed by atoms with Gasteiger partial charge in [0.05, 0.1) is 24.7 Å². The summed E-state index contributed by atoms with van der Waals surface area (Å²) in [6.45, 7) is 1.99. The van der Waals surface area contributed by atoms with Gasteiger partial charge in [0.15, 0.2) is 9.84 Å². The number of morpholine rings is 1. The quantitative estimate of drug-likeness (QED) is 0.620. The van der Waals surface area contributed by atoms with Crippen molar-refractivity contribution in [2.75, 3.05) is 32.6 Å². The molecule has 1 atom stereocenters. The normalized spacial score (nSPS) is 17.2. The fourth-order valence-electron chi connectivity index (χ4n) is 3.11. The number of amides is 1. The van der Waals surface area contributed by atoms with Crippen LogP contribution in [0.25, 0.3) is 0 Å². The first kappa shape index (κ1) is 21.6. The number of sulfone groups is 1. The Balaban J connectivity index is 1.43. The maximum atomic E-state index is 12.5. The van der Waals surface area contributed by atoms with Gasteiger partial charge in [0.1, 0.15) is 11.9 Å². The molecule has 1 unspecified atom stereocenters. The monoisotopic (exact) mass is 437 g/mol. The van der Waals surface area contributed by atoms with Crippen molar-refractivity contribution in [2.45, 2.75) is 23.8 Å². The summed E-state index contributed by atoms with van der Waals surface area (Å²) in [5.41, 5.74) is 1.01. The third kappa shape index (κ3) is 6.19. The molecular formula is C21H24ClNO5S. The molecule has 6 nitrogen and oxygen atoms in total. The van der Waals surface area contributed by atoms with Gasteiger partial charge in [-0.25, -0.2) is 8.42 Å². The Kier molecular flexibility index (Phi) is 7.16. The van der Waals surface area contributed by atoms with Crippen molar-refractivity contribution in [3.05, 3.63) is 59.1 Å². The van der Waals surface area contributed by atoms with Crippen LogP contribution >= 0.6 is 11.6 Å². The molecule has 1 heterocycles. The summed E-state index contributed by atoms with van der Waals surface area (Å²) >= 11 is 5.93. The van der Waals surface area contributed by atoms with Crippen LogP contribution in [0.5, 0.6) is 5.75 Å². The Morgan fingerprint density at radius 3 is 2.52 bits per heavy atom. The second-order valence-electron chi connectivity index (χ2n) is 6.95. The molecule has 0 bridgehead atoms. The zero-order chi connectivity index (χ0) is 20.9. The van der Waals surface area contributed by atoms with E-state index >= 15 is 0 Å². The van der Waals surface area contributed by atoms with Gasteiger partial charge in [-0.1, -0.05) is 23.7 Å². The molecule has 1 saturated heterocycles. The first-order valence-corrected chi connectivity index (χ1v) is 11.7. The first-order chi connectivity index (χ1) is 13.8. The summed E-state index contributed by atoms with van der Waals surface area (Å²) < 4.78 is 34.3. The van der Waals surface area contributed by atoms with E-state index in [-0.39, 0.29) is 16.9 Å². The van der Waals surface area contributed by atoms with Crippen LogP contribution < -0.4 is 4.74 Å². The maximum Gasteiger partial charge on any atom is 0.222 e. The summed E-state index contributed by atoms with van der Waals surface area (Å²) in [5.74, 6) is 0.655. The van der Waals surface area contributed by atoms with Crippen molar-refractivity contribution in [1.82, 2.24) is 4.90 Å². The van der Waals surface area contributed by atoms with Crippen LogP contribution in [0.1, 0.15) is 24.5 Å². The molecule has 0 saturated carbocycles. The van der Waals surface area contributed by atoms with Gasteiger partial charge in [-0.3, -0.25) is 4.79 Å². The number of carbonyl (C=O) groups excluding carboxylic acids is 1. The largest absolute Gasteiger partial charge is 0.494 e. The minimum Gasteiger partial charge on any atom is -0.494 e. The van der Waals surface area contributed by atoms with Gasteiger partial charge in [0, 0.05) is 24.2 Å². The number of nitrogens with zero attached hydrogens (tertiary/aromatic N) is 1. The van der Waals surface area contributed by atoms with Crippen LogP contribution in [-0.2, 0) is 19.4 Å². The number of benzene rings is 2. The number of hydrogen-bond acceptors (Lipinski definition) is 5. The summed E-state index contributed by atoms with van der Waals surface area (Å²) in [6, 6.07) is 13.8. The first-order valence-electron chi connectivity index (χ1n) is 9.41. The van der Waals surface area contributed by atoms with Crippen molar-refractivity contribution in [3.8, 4) is 5.75 Å². The van der Waals surface area contributed by atoms with Gasteiger partial charge in [-0.2, -0.15) is 0 Å². The van der Waals surface area contributed by atoms with Crippen molar-refractivity contribution < 1.29 is 22.7 Å². The van der Waals surface area contributed by atoms with E-state index < -0.39 is 9.84 Å². The molecular weight excluding hydrogens is 414 g/mol. The molecule has 2 aromatic rings. The standard InChI is InChI=1S/C21H24ClNO5S/c1-29(25,26)19-10-8-18(9-11-19)27-13-2-3-21(24)23-12-14-28-20(15-23)16-4-6-17(22)7-5-16/h4-11,20H,2-3,12-15H2,1H3. The van der Waals surface area contributed by atoms with E-state index in [0.717, 1.165) is 11.8 Å². The van der Waals surface area contributed by atoms with E-state index in [1.54, 1.807) is 12.1 Å². The predicted octanol–water partition coefficient (Wildman–Crippen LogP) is 3.50. The Labute approximate surface area is 176 Å². The van der Waals surface area contributed by atoms with Gasteiger partial charge in [-0.15, -0.1) is 0 Å². The SMILES string of the molecule is CS(=O)(=O)c1ccc(OCCCC(=O)N2CCOC(c3ccc(Cl)cc3)C2)cc1. The van der Waals surface area contributed by atoms with E-state index in [1.807, 2.05) is 29.2 Å². The zero-order valence-corrected chi connectivity index (χ0v) is 17.8. The third-order valence-electron chi connectivity index (χ3n) is 4.72. The Morgan fingerprint density at radius 1 is 1.17 bits per heavy atom. The molecule has 0 N–H and O–H groups in total. The van der Waals surface area contributed by atoms with Crippen molar-refractivity contribution >= 4 is 27.3 Å². The highest BCUT2D eigenvalue weighted by atomic mass is 35.5. The van der Waals surface area contributed by atoms with Crippen LogP contribution in [0.15, 0.2) is 53.4 Å². The van der Waals surface area contributed by atoms with Crippen LogP contribution in [0.2, 0.25) is 5.02 Å². The number of ether oxygens (including phenoxy) is 2. The summed E-state index contributed by atoms with van der Waals surface area (Å²) in [7, 11) is -3.22. The lowest BCUT2D eigenvalue weighted by molar-refractivity contribution is -0.139. The van der Waals surface area contributed by atoms with Crippen LogP contribution in [0, 0.1) is 0 Å². The smallest absolute Gasteiger partial charge is 0.222 e. The average Bonchev–Trinajstić information content (AvgIpc) is 2.71. The Bertz CT molecular complexity index is 929. The molecule has 0 spiro atoms. The molecule has 1 aliphatic heterocycles. The van der Waals surface area contributed by atoms with Gasteiger partial charge < -0.3 is 14.4 Å². The minimum absolute atomic E-state index is 0.0725. The maximum absolute atomic E-state index is 12.5. The molecule has 1 aliphatic rings.